The van der Waals surface area contributed by atoms with Crippen molar-refractivity contribution in [1.29, 1.82) is 0 Å². The molecule has 0 saturated heterocycles. The van der Waals surface area contributed by atoms with Gasteiger partial charge in [-0.1, -0.05) is 25.1 Å². The lowest BCUT2D eigenvalue weighted by atomic mass is 10.1. The molecule has 1 N–H and O–H groups in total. The summed E-state index contributed by atoms with van der Waals surface area (Å²) in [4.78, 5) is 1.52. The summed E-state index contributed by atoms with van der Waals surface area (Å²) in [5.41, 5.74) is 1.58. The zero-order chi connectivity index (χ0) is 15.4. The van der Waals surface area contributed by atoms with E-state index in [9.17, 15) is 8.78 Å². The molecule has 2 rings (SSSR count). The number of hydrogen-bond donors (Lipinski definition) is 1. The van der Waals surface area contributed by atoms with Crippen molar-refractivity contribution < 1.29 is 8.78 Å². The van der Waals surface area contributed by atoms with Crippen molar-refractivity contribution in [1.82, 2.24) is 5.32 Å². The molecule has 2 aromatic rings. The van der Waals surface area contributed by atoms with Crippen molar-refractivity contribution in [3.8, 4) is 0 Å². The Kier molecular flexibility index (Phi) is 4.91. The van der Waals surface area contributed by atoms with E-state index in [-0.39, 0.29) is 17.7 Å². The van der Waals surface area contributed by atoms with Crippen molar-refractivity contribution in [2.45, 2.75) is 19.9 Å². The highest BCUT2D eigenvalue weighted by Crippen LogP contribution is 2.29. The third-order valence-electron chi connectivity index (χ3n) is 3.56. The van der Waals surface area contributed by atoms with Gasteiger partial charge in [-0.15, -0.1) is 0 Å². The van der Waals surface area contributed by atoms with Gasteiger partial charge in [0.05, 0.1) is 11.4 Å². The van der Waals surface area contributed by atoms with Crippen LogP contribution in [0, 0.1) is 11.6 Å². The van der Waals surface area contributed by atoms with Gasteiger partial charge in [-0.25, -0.2) is 8.78 Å². The summed E-state index contributed by atoms with van der Waals surface area (Å²) in [6.07, 6.45) is 0. The molecule has 2 aromatic carbocycles. The first-order valence-corrected chi connectivity index (χ1v) is 7.05. The molecular weight excluding hydrogens is 270 g/mol. The molecular formula is C17H20F2N2. The van der Waals surface area contributed by atoms with Crippen molar-refractivity contribution in [2.75, 3.05) is 18.5 Å². The van der Waals surface area contributed by atoms with E-state index >= 15 is 0 Å². The number of nitrogens with zero attached hydrogens (tertiary/aromatic N) is 1. The van der Waals surface area contributed by atoms with E-state index < -0.39 is 0 Å². The quantitative estimate of drug-likeness (QED) is 0.878. The summed E-state index contributed by atoms with van der Waals surface area (Å²) < 4.78 is 28.1. The van der Waals surface area contributed by atoms with Crippen LogP contribution in [0.2, 0.25) is 0 Å². The summed E-state index contributed by atoms with van der Waals surface area (Å²) in [5, 5.41) is 3.24. The van der Waals surface area contributed by atoms with Crippen LogP contribution < -0.4 is 10.2 Å². The van der Waals surface area contributed by atoms with E-state index in [1.807, 2.05) is 19.9 Å². The number of hydrogen-bond acceptors (Lipinski definition) is 2. The second-order valence-corrected chi connectivity index (χ2v) is 5.00. The smallest absolute Gasteiger partial charge is 0.147 e. The van der Waals surface area contributed by atoms with Gasteiger partial charge in [-0.2, -0.15) is 0 Å². The molecule has 0 aliphatic rings. The van der Waals surface area contributed by atoms with E-state index in [1.54, 1.807) is 31.3 Å². The van der Waals surface area contributed by atoms with Gasteiger partial charge in [-0.3, -0.25) is 0 Å². The van der Waals surface area contributed by atoms with Crippen LogP contribution in [0.4, 0.5) is 20.2 Å². The minimum atomic E-state index is -0.371. The third-order valence-corrected chi connectivity index (χ3v) is 3.56. The molecule has 0 spiro atoms. The molecule has 0 aliphatic heterocycles. The standard InChI is InChI=1S/C17H20F2N2/c1-4-20-12(2)13-9-10-17(15(19)11-13)21(3)16-8-6-5-7-14(16)18/h5-12,20H,4H2,1-3H3. The van der Waals surface area contributed by atoms with Crippen LogP contribution in [0.3, 0.4) is 0 Å². The Morgan fingerprint density at radius 1 is 1.05 bits per heavy atom. The Hall–Kier alpha value is -1.94. The molecule has 0 amide bonds. The molecule has 1 unspecified atom stereocenters. The second-order valence-electron chi connectivity index (χ2n) is 5.00. The number of para-hydroxylation sites is 1. The van der Waals surface area contributed by atoms with E-state index in [0.29, 0.717) is 11.4 Å². The Balaban J connectivity index is 2.31. The first kappa shape index (κ1) is 15.4. The molecule has 1 atom stereocenters. The highest BCUT2D eigenvalue weighted by molar-refractivity contribution is 5.63. The minimum Gasteiger partial charge on any atom is -0.340 e. The molecule has 0 fully saturated rings. The number of halogens is 2. The zero-order valence-corrected chi connectivity index (χ0v) is 12.5. The number of anilines is 2. The third kappa shape index (κ3) is 3.39. The number of rotatable bonds is 5. The summed E-state index contributed by atoms with van der Waals surface area (Å²) in [6.45, 7) is 4.81. The fraction of sp³-hybridized carbons (Fsp3) is 0.294. The van der Waals surface area contributed by atoms with Crippen LogP contribution in [0.15, 0.2) is 42.5 Å². The Labute approximate surface area is 124 Å². The van der Waals surface area contributed by atoms with Gasteiger partial charge >= 0.3 is 0 Å². The van der Waals surface area contributed by atoms with Crippen LogP contribution in [0.1, 0.15) is 25.5 Å². The largest absolute Gasteiger partial charge is 0.340 e. The lowest BCUT2D eigenvalue weighted by Gasteiger charge is -2.22. The molecule has 0 saturated carbocycles. The van der Waals surface area contributed by atoms with Crippen molar-refractivity contribution in [3.05, 3.63) is 59.7 Å². The Morgan fingerprint density at radius 2 is 1.71 bits per heavy atom. The van der Waals surface area contributed by atoms with Crippen LogP contribution in [0.25, 0.3) is 0 Å². The average molecular weight is 290 g/mol. The van der Waals surface area contributed by atoms with Gasteiger partial charge in [-0.05, 0) is 43.3 Å². The SMILES string of the molecule is CCNC(C)c1ccc(N(C)c2ccccc2F)c(F)c1. The fourth-order valence-corrected chi connectivity index (χ4v) is 2.34. The van der Waals surface area contributed by atoms with E-state index in [2.05, 4.69) is 5.32 Å². The molecule has 0 radical (unpaired) electrons. The highest BCUT2D eigenvalue weighted by Gasteiger charge is 2.14. The monoisotopic (exact) mass is 290 g/mol. The lowest BCUT2D eigenvalue weighted by molar-refractivity contribution is 0.582. The molecule has 4 heteroatoms. The van der Waals surface area contributed by atoms with E-state index in [0.717, 1.165) is 12.1 Å². The van der Waals surface area contributed by atoms with Crippen LogP contribution >= 0.6 is 0 Å². The van der Waals surface area contributed by atoms with Crippen molar-refractivity contribution in [3.63, 3.8) is 0 Å². The average Bonchev–Trinajstić information content (AvgIpc) is 2.47. The van der Waals surface area contributed by atoms with Gasteiger partial charge in [0, 0.05) is 13.1 Å². The first-order chi connectivity index (χ1) is 10.0. The van der Waals surface area contributed by atoms with Crippen LogP contribution in [-0.4, -0.2) is 13.6 Å². The summed E-state index contributed by atoms with van der Waals surface area (Å²) >= 11 is 0. The number of nitrogens with one attached hydrogen (secondary N) is 1. The lowest BCUT2D eigenvalue weighted by Crippen LogP contribution is -2.18. The van der Waals surface area contributed by atoms with Gasteiger partial charge in [0.15, 0.2) is 0 Å². The van der Waals surface area contributed by atoms with Crippen LogP contribution in [0.5, 0.6) is 0 Å². The summed E-state index contributed by atoms with van der Waals surface area (Å²) in [5.74, 6) is -0.729. The van der Waals surface area contributed by atoms with Gasteiger partial charge < -0.3 is 10.2 Å². The maximum atomic E-state index is 14.3. The summed E-state index contributed by atoms with van der Waals surface area (Å²) in [7, 11) is 1.66. The van der Waals surface area contributed by atoms with E-state index in [4.69, 9.17) is 0 Å². The van der Waals surface area contributed by atoms with E-state index in [1.165, 1.54) is 17.0 Å². The zero-order valence-electron chi connectivity index (χ0n) is 12.5. The maximum absolute atomic E-state index is 14.3. The maximum Gasteiger partial charge on any atom is 0.147 e. The molecule has 21 heavy (non-hydrogen) atoms. The van der Waals surface area contributed by atoms with Crippen molar-refractivity contribution >= 4 is 11.4 Å². The molecule has 2 nitrogen and oxygen atoms in total. The molecule has 0 heterocycles. The van der Waals surface area contributed by atoms with Gasteiger partial charge in [0.2, 0.25) is 0 Å². The molecule has 0 aromatic heterocycles. The normalized spacial score (nSPS) is 12.2. The minimum absolute atomic E-state index is 0.0808. The van der Waals surface area contributed by atoms with Crippen molar-refractivity contribution in [2.24, 2.45) is 0 Å². The number of benzene rings is 2. The molecule has 0 bridgehead atoms. The molecule has 0 aliphatic carbocycles. The Bertz CT molecular complexity index is 613. The van der Waals surface area contributed by atoms with Gasteiger partial charge in [0.1, 0.15) is 11.6 Å². The Morgan fingerprint density at radius 3 is 2.33 bits per heavy atom. The predicted octanol–water partition coefficient (Wildman–Crippen LogP) is 4.40. The highest BCUT2D eigenvalue weighted by atomic mass is 19.1. The topological polar surface area (TPSA) is 15.3 Å². The molecule has 112 valence electrons. The predicted molar refractivity (Wildman–Crippen MR) is 83.0 cm³/mol. The first-order valence-electron chi connectivity index (χ1n) is 7.05. The van der Waals surface area contributed by atoms with Gasteiger partial charge in [0.25, 0.3) is 0 Å². The second kappa shape index (κ2) is 6.68. The fourth-order valence-electron chi connectivity index (χ4n) is 2.34. The van der Waals surface area contributed by atoms with Crippen LogP contribution in [-0.2, 0) is 0 Å². The summed E-state index contributed by atoms with van der Waals surface area (Å²) in [6, 6.07) is 11.5.